The van der Waals surface area contributed by atoms with E-state index in [1.54, 1.807) is 18.2 Å². The molecule has 1 aliphatic heterocycles. The molecule has 0 amide bonds. The predicted molar refractivity (Wildman–Crippen MR) is 56.6 cm³/mol. The van der Waals surface area contributed by atoms with E-state index in [1.807, 2.05) is 6.07 Å². The zero-order valence-electron chi connectivity index (χ0n) is 8.73. The number of fused-ring (bicyclic) bond motifs is 1. The second kappa shape index (κ2) is 4.18. The summed E-state index contributed by atoms with van der Waals surface area (Å²) < 4.78 is 9.35. The molecule has 4 nitrogen and oxygen atoms in total. The van der Waals surface area contributed by atoms with Gasteiger partial charge in [-0.25, -0.2) is 9.59 Å². The summed E-state index contributed by atoms with van der Waals surface area (Å²) in [6, 6.07) is 5.27. The first kappa shape index (κ1) is 10.4. The third-order valence-corrected chi connectivity index (χ3v) is 2.32. The first-order valence-corrected chi connectivity index (χ1v) is 4.77. The van der Waals surface area contributed by atoms with Gasteiger partial charge in [-0.15, -0.1) is 0 Å². The van der Waals surface area contributed by atoms with Crippen molar-refractivity contribution in [2.75, 3.05) is 7.11 Å². The van der Waals surface area contributed by atoms with Gasteiger partial charge in [0.2, 0.25) is 0 Å². The maximum Gasteiger partial charge on any atom is 0.338 e. The fraction of sp³-hybridized carbons (Fsp3) is 0.167. The fourth-order valence-electron chi connectivity index (χ4n) is 1.49. The van der Waals surface area contributed by atoms with Gasteiger partial charge in [0.25, 0.3) is 0 Å². The highest BCUT2D eigenvalue weighted by molar-refractivity contribution is 5.94. The Morgan fingerprint density at radius 2 is 2.31 bits per heavy atom. The molecule has 2 rings (SSSR count). The minimum absolute atomic E-state index is 0.293. The van der Waals surface area contributed by atoms with Gasteiger partial charge in [-0.3, -0.25) is 0 Å². The molecule has 0 spiro atoms. The van der Waals surface area contributed by atoms with Gasteiger partial charge in [0.05, 0.1) is 12.7 Å². The van der Waals surface area contributed by atoms with Crippen molar-refractivity contribution in [3.05, 3.63) is 41.0 Å². The van der Waals surface area contributed by atoms with E-state index in [0.717, 1.165) is 11.1 Å². The Hall–Kier alpha value is -2.10. The number of hydrogen-bond acceptors (Lipinski definition) is 4. The molecule has 16 heavy (non-hydrogen) atoms. The molecule has 0 aromatic heterocycles. The molecule has 1 aromatic rings. The van der Waals surface area contributed by atoms with Gasteiger partial charge in [-0.2, -0.15) is 0 Å². The van der Waals surface area contributed by atoms with E-state index in [-0.39, 0.29) is 5.97 Å². The van der Waals surface area contributed by atoms with Crippen LogP contribution in [-0.2, 0) is 20.9 Å². The van der Waals surface area contributed by atoms with E-state index in [1.165, 1.54) is 13.2 Å². The highest BCUT2D eigenvalue weighted by atomic mass is 16.5. The van der Waals surface area contributed by atoms with Crippen molar-refractivity contribution < 1.29 is 19.1 Å². The number of carbonyl (C=O) groups excluding carboxylic acids is 2. The number of benzene rings is 1. The number of methoxy groups -OCH3 is 1. The van der Waals surface area contributed by atoms with Crippen molar-refractivity contribution in [1.82, 2.24) is 0 Å². The van der Waals surface area contributed by atoms with Gasteiger partial charge < -0.3 is 9.47 Å². The normalized spacial score (nSPS) is 13.7. The van der Waals surface area contributed by atoms with Crippen molar-refractivity contribution >= 4 is 18.0 Å². The van der Waals surface area contributed by atoms with Crippen LogP contribution in [0.5, 0.6) is 0 Å². The average Bonchev–Trinajstić information content (AvgIpc) is 2.67. The summed E-state index contributed by atoms with van der Waals surface area (Å²) in [5, 5.41) is 0. The summed E-state index contributed by atoms with van der Waals surface area (Å²) in [6.07, 6.45) is 2.97. The molecule has 0 radical (unpaired) electrons. The first-order chi connectivity index (χ1) is 7.70. The standard InChI is InChI=1S/C12H10O4/c1-15-11(13)5-3-8-2-4-10-9(6-8)7-16-12(10)14/h2-6H,7H2,1H3. The predicted octanol–water partition coefficient (Wildman–Crippen LogP) is 1.54. The number of rotatable bonds is 2. The van der Waals surface area contributed by atoms with Gasteiger partial charge in [0.15, 0.2) is 0 Å². The van der Waals surface area contributed by atoms with Gasteiger partial charge in [0, 0.05) is 11.6 Å². The van der Waals surface area contributed by atoms with E-state index in [0.29, 0.717) is 12.2 Å². The molecular weight excluding hydrogens is 208 g/mol. The molecule has 1 heterocycles. The van der Waals surface area contributed by atoms with Crippen LogP contribution in [0.4, 0.5) is 0 Å². The molecule has 0 fully saturated rings. The Bertz CT molecular complexity index is 474. The van der Waals surface area contributed by atoms with E-state index in [2.05, 4.69) is 4.74 Å². The summed E-state index contributed by atoms with van der Waals surface area (Å²) in [7, 11) is 1.32. The van der Waals surface area contributed by atoms with Crippen LogP contribution in [0, 0.1) is 0 Å². The lowest BCUT2D eigenvalue weighted by molar-refractivity contribution is -0.134. The van der Waals surface area contributed by atoms with Crippen LogP contribution in [0.2, 0.25) is 0 Å². The number of carbonyl (C=O) groups is 2. The summed E-state index contributed by atoms with van der Waals surface area (Å²) in [5.74, 6) is -0.702. The zero-order chi connectivity index (χ0) is 11.5. The number of esters is 2. The van der Waals surface area contributed by atoms with E-state index < -0.39 is 5.97 Å². The van der Waals surface area contributed by atoms with Crippen molar-refractivity contribution in [3.8, 4) is 0 Å². The average molecular weight is 218 g/mol. The first-order valence-electron chi connectivity index (χ1n) is 4.77. The van der Waals surface area contributed by atoms with Crippen LogP contribution in [0.1, 0.15) is 21.5 Å². The smallest absolute Gasteiger partial charge is 0.338 e. The largest absolute Gasteiger partial charge is 0.466 e. The van der Waals surface area contributed by atoms with Gasteiger partial charge in [0.1, 0.15) is 6.61 Å². The Balaban J connectivity index is 2.23. The van der Waals surface area contributed by atoms with E-state index in [9.17, 15) is 9.59 Å². The number of cyclic esters (lactones) is 1. The van der Waals surface area contributed by atoms with Crippen LogP contribution in [-0.4, -0.2) is 19.0 Å². The SMILES string of the molecule is COC(=O)C=Cc1ccc2c(c1)COC2=O. The molecule has 82 valence electrons. The lowest BCUT2D eigenvalue weighted by atomic mass is 10.1. The topological polar surface area (TPSA) is 52.6 Å². The van der Waals surface area contributed by atoms with Crippen LogP contribution in [0.25, 0.3) is 6.08 Å². The van der Waals surface area contributed by atoms with Crippen molar-refractivity contribution in [2.45, 2.75) is 6.61 Å². The second-order valence-electron chi connectivity index (χ2n) is 3.35. The lowest BCUT2D eigenvalue weighted by Crippen LogP contribution is -1.94. The molecule has 0 bridgehead atoms. The fourth-order valence-corrected chi connectivity index (χ4v) is 1.49. The zero-order valence-corrected chi connectivity index (χ0v) is 8.73. The van der Waals surface area contributed by atoms with Crippen LogP contribution >= 0.6 is 0 Å². The molecule has 0 atom stereocenters. The van der Waals surface area contributed by atoms with Gasteiger partial charge in [-0.1, -0.05) is 6.07 Å². The quantitative estimate of drug-likeness (QED) is 0.558. The molecule has 1 aliphatic rings. The molecule has 0 unspecified atom stereocenters. The molecule has 0 saturated heterocycles. The Morgan fingerprint density at radius 1 is 1.50 bits per heavy atom. The molecule has 1 aromatic carbocycles. The Kier molecular flexibility index (Phi) is 2.72. The molecule has 0 aliphatic carbocycles. The molecule has 4 heteroatoms. The van der Waals surface area contributed by atoms with Crippen LogP contribution in [0.3, 0.4) is 0 Å². The maximum absolute atomic E-state index is 11.2. The Morgan fingerprint density at radius 3 is 3.06 bits per heavy atom. The summed E-state index contributed by atoms with van der Waals surface area (Å²) in [5.41, 5.74) is 2.27. The third kappa shape index (κ3) is 1.95. The molecule has 0 N–H and O–H groups in total. The highest BCUT2D eigenvalue weighted by Crippen LogP contribution is 2.21. The van der Waals surface area contributed by atoms with Crippen LogP contribution in [0.15, 0.2) is 24.3 Å². The summed E-state index contributed by atoms with van der Waals surface area (Å²) in [4.78, 5) is 22.1. The minimum atomic E-state index is -0.409. The number of ether oxygens (including phenoxy) is 2. The second-order valence-corrected chi connectivity index (χ2v) is 3.35. The third-order valence-electron chi connectivity index (χ3n) is 2.32. The van der Waals surface area contributed by atoms with Gasteiger partial charge in [-0.05, 0) is 23.8 Å². The highest BCUT2D eigenvalue weighted by Gasteiger charge is 2.20. The number of hydrogen-bond donors (Lipinski definition) is 0. The van der Waals surface area contributed by atoms with Crippen molar-refractivity contribution in [1.29, 1.82) is 0 Å². The molecular formula is C12H10O4. The summed E-state index contributed by atoms with van der Waals surface area (Å²) in [6.45, 7) is 0.300. The van der Waals surface area contributed by atoms with Crippen molar-refractivity contribution in [3.63, 3.8) is 0 Å². The minimum Gasteiger partial charge on any atom is -0.466 e. The van der Waals surface area contributed by atoms with Crippen molar-refractivity contribution in [2.24, 2.45) is 0 Å². The summed E-state index contributed by atoms with van der Waals surface area (Å²) >= 11 is 0. The maximum atomic E-state index is 11.2. The van der Waals surface area contributed by atoms with Gasteiger partial charge >= 0.3 is 11.9 Å². The Labute approximate surface area is 92.5 Å². The van der Waals surface area contributed by atoms with E-state index in [4.69, 9.17) is 4.74 Å². The molecule has 0 saturated carbocycles. The van der Waals surface area contributed by atoms with Crippen LogP contribution < -0.4 is 0 Å². The monoisotopic (exact) mass is 218 g/mol. The lowest BCUT2D eigenvalue weighted by Gasteiger charge is -1.96. The van der Waals surface area contributed by atoms with E-state index >= 15 is 0 Å².